The predicted octanol–water partition coefficient (Wildman–Crippen LogP) is 0.833. The van der Waals surface area contributed by atoms with Crippen LogP contribution >= 0.6 is 0 Å². The summed E-state index contributed by atoms with van der Waals surface area (Å²) in [4.78, 5) is 9.63. The summed E-state index contributed by atoms with van der Waals surface area (Å²) in [6.07, 6.45) is 6.89. The van der Waals surface area contributed by atoms with Gasteiger partial charge in [0.2, 0.25) is 0 Å². The summed E-state index contributed by atoms with van der Waals surface area (Å²) in [7, 11) is 0. The van der Waals surface area contributed by atoms with Crippen molar-refractivity contribution >= 4 is 6.41 Å². The summed E-state index contributed by atoms with van der Waals surface area (Å²) >= 11 is 0. The molecule has 0 aromatic carbocycles. The van der Waals surface area contributed by atoms with Gasteiger partial charge >= 0.3 is 6.41 Å². The van der Waals surface area contributed by atoms with E-state index in [1.165, 1.54) is 19.3 Å². The minimum Gasteiger partial charge on any atom is -0.348 e. The summed E-state index contributed by atoms with van der Waals surface area (Å²) in [5.41, 5.74) is 0. The molecular formula is C7H12NO. The first-order valence-electron chi connectivity index (χ1n) is 3.53. The molecule has 1 aliphatic carbocycles. The fourth-order valence-electron chi connectivity index (χ4n) is 0.937. The molecule has 1 aliphatic rings. The highest BCUT2D eigenvalue weighted by molar-refractivity contribution is 5.46. The quantitative estimate of drug-likeness (QED) is 0.429. The third-order valence-electron chi connectivity index (χ3n) is 1.68. The standard InChI is InChI=1S/C7H12NO/c9-6-8-5-1-2-7-3-4-7/h7H,1-5H2,(H,8,9). The van der Waals surface area contributed by atoms with E-state index in [0.29, 0.717) is 0 Å². The Labute approximate surface area is 55.6 Å². The largest absolute Gasteiger partial charge is 0.348 e. The molecule has 0 spiro atoms. The molecule has 0 aliphatic heterocycles. The number of amides is 1. The Morgan fingerprint density at radius 1 is 1.56 bits per heavy atom. The first-order valence-corrected chi connectivity index (χ1v) is 3.53. The van der Waals surface area contributed by atoms with Gasteiger partial charge < -0.3 is 5.32 Å². The van der Waals surface area contributed by atoms with Crippen molar-refractivity contribution in [3.05, 3.63) is 0 Å². The molecule has 0 atom stereocenters. The maximum absolute atomic E-state index is 9.63. The van der Waals surface area contributed by atoms with Crippen LogP contribution in [0.15, 0.2) is 0 Å². The number of hydrogen-bond donors (Lipinski definition) is 1. The molecule has 1 saturated carbocycles. The van der Waals surface area contributed by atoms with E-state index in [0.717, 1.165) is 18.9 Å². The van der Waals surface area contributed by atoms with Crippen LogP contribution in [0.3, 0.4) is 0 Å². The molecule has 2 heteroatoms. The molecule has 0 heterocycles. The van der Waals surface area contributed by atoms with E-state index in [4.69, 9.17) is 0 Å². The average Bonchev–Trinajstić information content (AvgIpc) is 2.63. The van der Waals surface area contributed by atoms with Crippen molar-refractivity contribution in [2.24, 2.45) is 5.92 Å². The molecule has 1 N–H and O–H groups in total. The maximum Gasteiger partial charge on any atom is 0.309 e. The molecule has 1 radical (unpaired) electrons. The van der Waals surface area contributed by atoms with E-state index in [1.807, 2.05) is 0 Å². The lowest BCUT2D eigenvalue weighted by Crippen LogP contribution is -2.11. The molecule has 0 aromatic heterocycles. The zero-order valence-corrected chi connectivity index (χ0v) is 5.52. The molecule has 2 nitrogen and oxygen atoms in total. The third-order valence-corrected chi connectivity index (χ3v) is 1.68. The van der Waals surface area contributed by atoms with Gasteiger partial charge in [0.15, 0.2) is 0 Å². The summed E-state index contributed by atoms with van der Waals surface area (Å²) in [5.74, 6) is 0.985. The van der Waals surface area contributed by atoms with E-state index >= 15 is 0 Å². The lowest BCUT2D eigenvalue weighted by molar-refractivity contribution is 0.536. The molecule has 0 aromatic rings. The van der Waals surface area contributed by atoms with Crippen LogP contribution in [0.4, 0.5) is 0 Å². The zero-order chi connectivity index (χ0) is 6.53. The highest BCUT2D eigenvalue weighted by Crippen LogP contribution is 2.33. The minimum atomic E-state index is 0.806. The van der Waals surface area contributed by atoms with Gasteiger partial charge in [0, 0.05) is 6.54 Å². The topological polar surface area (TPSA) is 29.1 Å². The van der Waals surface area contributed by atoms with Crippen LogP contribution in [0.1, 0.15) is 25.7 Å². The van der Waals surface area contributed by atoms with Crippen molar-refractivity contribution in [3.8, 4) is 0 Å². The van der Waals surface area contributed by atoms with Crippen molar-refractivity contribution < 1.29 is 4.79 Å². The summed E-state index contributed by atoms with van der Waals surface area (Å²) < 4.78 is 0. The third kappa shape index (κ3) is 3.12. The Bertz CT molecular complexity index is 88.9. The summed E-state index contributed by atoms with van der Waals surface area (Å²) in [6.45, 7) is 0.806. The van der Waals surface area contributed by atoms with Crippen LogP contribution in [-0.4, -0.2) is 13.0 Å². The molecule has 0 saturated heterocycles. The molecule has 1 amide bonds. The molecule has 0 bridgehead atoms. The molecule has 51 valence electrons. The molecular weight excluding hydrogens is 114 g/mol. The average molecular weight is 126 g/mol. The lowest BCUT2D eigenvalue weighted by atomic mass is 10.2. The van der Waals surface area contributed by atoms with Gasteiger partial charge in [-0.2, -0.15) is 0 Å². The molecule has 1 rings (SSSR count). The Morgan fingerprint density at radius 2 is 2.33 bits per heavy atom. The Kier molecular flexibility index (Phi) is 2.55. The van der Waals surface area contributed by atoms with Crippen molar-refractivity contribution in [2.45, 2.75) is 25.7 Å². The second-order valence-electron chi connectivity index (χ2n) is 2.61. The van der Waals surface area contributed by atoms with Gasteiger partial charge in [-0.05, 0) is 18.8 Å². The second-order valence-corrected chi connectivity index (χ2v) is 2.61. The van der Waals surface area contributed by atoms with Crippen LogP contribution in [-0.2, 0) is 4.79 Å². The fraction of sp³-hybridized carbons (Fsp3) is 0.857. The van der Waals surface area contributed by atoms with E-state index in [2.05, 4.69) is 5.32 Å². The summed E-state index contributed by atoms with van der Waals surface area (Å²) in [6, 6.07) is 0. The van der Waals surface area contributed by atoms with Gasteiger partial charge in [-0.1, -0.05) is 12.8 Å². The predicted molar refractivity (Wildman–Crippen MR) is 35.7 cm³/mol. The number of hydrogen-bond acceptors (Lipinski definition) is 1. The smallest absolute Gasteiger partial charge is 0.309 e. The lowest BCUT2D eigenvalue weighted by Gasteiger charge is -1.94. The highest BCUT2D eigenvalue weighted by Gasteiger charge is 2.19. The van der Waals surface area contributed by atoms with Crippen molar-refractivity contribution in [1.29, 1.82) is 0 Å². The fourth-order valence-corrected chi connectivity index (χ4v) is 0.937. The Hall–Kier alpha value is -0.530. The van der Waals surface area contributed by atoms with Gasteiger partial charge in [-0.3, -0.25) is 4.79 Å². The van der Waals surface area contributed by atoms with Crippen LogP contribution in [0.2, 0.25) is 0 Å². The van der Waals surface area contributed by atoms with Gasteiger partial charge in [-0.25, -0.2) is 0 Å². The Balaban J connectivity index is 1.75. The monoisotopic (exact) mass is 126 g/mol. The molecule has 1 fully saturated rings. The number of rotatable bonds is 5. The van der Waals surface area contributed by atoms with Gasteiger partial charge in [0.05, 0.1) is 0 Å². The number of carbonyl (C=O) groups excluding carboxylic acids is 1. The number of nitrogens with one attached hydrogen (secondary N) is 1. The highest BCUT2D eigenvalue weighted by atomic mass is 16.1. The minimum absolute atomic E-state index is 0.806. The Morgan fingerprint density at radius 3 is 2.89 bits per heavy atom. The normalized spacial score (nSPS) is 17.3. The SMILES string of the molecule is O=[C]NCCCC1CC1. The van der Waals surface area contributed by atoms with Crippen LogP contribution in [0, 0.1) is 5.92 Å². The summed E-state index contributed by atoms with van der Waals surface area (Å²) in [5, 5.41) is 2.53. The van der Waals surface area contributed by atoms with E-state index in [9.17, 15) is 4.79 Å². The van der Waals surface area contributed by atoms with E-state index in [-0.39, 0.29) is 0 Å². The van der Waals surface area contributed by atoms with Crippen molar-refractivity contribution in [3.63, 3.8) is 0 Å². The van der Waals surface area contributed by atoms with E-state index in [1.54, 1.807) is 6.41 Å². The van der Waals surface area contributed by atoms with Crippen molar-refractivity contribution in [1.82, 2.24) is 5.32 Å². The van der Waals surface area contributed by atoms with Crippen molar-refractivity contribution in [2.75, 3.05) is 6.54 Å². The molecule has 9 heavy (non-hydrogen) atoms. The first-order chi connectivity index (χ1) is 4.43. The zero-order valence-electron chi connectivity index (χ0n) is 5.52. The van der Waals surface area contributed by atoms with Crippen LogP contribution in [0.5, 0.6) is 0 Å². The van der Waals surface area contributed by atoms with Gasteiger partial charge in [0.1, 0.15) is 0 Å². The first kappa shape index (κ1) is 6.59. The second kappa shape index (κ2) is 3.49. The van der Waals surface area contributed by atoms with Gasteiger partial charge in [-0.15, -0.1) is 0 Å². The van der Waals surface area contributed by atoms with Crippen LogP contribution < -0.4 is 5.32 Å². The van der Waals surface area contributed by atoms with Gasteiger partial charge in [0.25, 0.3) is 0 Å². The molecule has 0 unspecified atom stereocenters. The maximum atomic E-state index is 9.63. The van der Waals surface area contributed by atoms with E-state index < -0.39 is 0 Å². The van der Waals surface area contributed by atoms with Crippen LogP contribution in [0.25, 0.3) is 0 Å².